The topological polar surface area (TPSA) is 36.3 Å². The fourth-order valence-corrected chi connectivity index (χ4v) is 1.61. The Kier molecular flexibility index (Phi) is 2.84. The van der Waals surface area contributed by atoms with Crippen LogP contribution in [-0.4, -0.2) is 25.8 Å². The lowest BCUT2D eigenvalue weighted by atomic mass is 10.2. The molecule has 1 aliphatic heterocycles. The van der Waals surface area contributed by atoms with Crippen LogP contribution in [0.2, 0.25) is 0 Å². The van der Waals surface area contributed by atoms with E-state index in [1.807, 2.05) is 4.90 Å². The predicted octanol–water partition coefficient (Wildman–Crippen LogP) is 1.55. The second-order valence-electron chi connectivity index (χ2n) is 3.41. The van der Waals surface area contributed by atoms with Crippen molar-refractivity contribution in [2.45, 2.75) is 6.10 Å². The first-order valence-electron chi connectivity index (χ1n) is 4.81. The van der Waals surface area contributed by atoms with Gasteiger partial charge in [-0.3, -0.25) is 0 Å². The Morgan fingerprint density at radius 3 is 2.80 bits per heavy atom. The Hall–Kier alpha value is -1.60. The Labute approximate surface area is 87.7 Å². The molecule has 0 amide bonds. The summed E-state index contributed by atoms with van der Waals surface area (Å²) in [5.41, 5.74) is 0.931. The summed E-state index contributed by atoms with van der Waals surface area (Å²) in [4.78, 5) is 2.02. The van der Waals surface area contributed by atoms with Crippen LogP contribution in [0.4, 0.5) is 10.1 Å². The molecule has 1 fully saturated rings. The summed E-state index contributed by atoms with van der Waals surface area (Å²) >= 11 is 0. The molecule has 78 valence electrons. The van der Waals surface area contributed by atoms with Crippen LogP contribution >= 0.6 is 0 Å². The molecule has 1 heterocycles. The van der Waals surface area contributed by atoms with E-state index in [0.717, 1.165) is 12.2 Å². The van der Waals surface area contributed by atoms with Gasteiger partial charge < -0.3 is 9.64 Å². The molecule has 4 heteroatoms. The second kappa shape index (κ2) is 4.28. The number of hydrogen-bond donors (Lipinski definition) is 0. The van der Waals surface area contributed by atoms with E-state index in [4.69, 9.17) is 10.00 Å². The minimum Gasteiger partial charge on any atom is -0.366 e. The predicted molar refractivity (Wildman–Crippen MR) is 54.0 cm³/mol. The van der Waals surface area contributed by atoms with Crippen molar-refractivity contribution in [3.63, 3.8) is 0 Å². The normalized spacial score (nSPS) is 21.1. The van der Waals surface area contributed by atoms with Gasteiger partial charge in [0.15, 0.2) is 6.10 Å². The SMILES string of the molecule is N#CC1CN(c2ccc(F)cc2)CCO1. The van der Waals surface area contributed by atoms with E-state index in [1.165, 1.54) is 12.1 Å². The molecule has 2 rings (SSSR count). The van der Waals surface area contributed by atoms with Gasteiger partial charge in [0.2, 0.25) is 0 Å². The maximum Gasteiger partial charge on any atom is 0.161 e. The van der Waals surface area contributed by atoms with Gasteiger partial charge in [-0.25, -0.2) is 4.39 Å². The molecule has 1 aromatic rings. The molecule has 1 aliphatic rings. The number of halogens is 1. The van der Waals surface area contributed by atoms with Crippen molar-refractivity contribution in [3.05, 3.63) is 30.1 Å². The Morgan fingerprint density at radius 2 is 2.13 bits per heavy atom. The summed E-state index contributed by atoms with van der Waals surface area (Å²) in [6.07, 6.45) is -0.385. The molecular formula is C11H11FN2O. The van der Waals surface area contributed by atoms with Crippen LogP contribution in [0.15, 0.2) is 24.3 Å². The van der Waals surface area contributed by atoms with Crippen LogP contribution in [0.1, 0.15) is 0 Å². The number of anilines is 1. The second-order valence-corrected chi connectivity index (χ2v) is 3.41. The smallest absolute Gasteiger partial charge is 0.161 e. The lowest BCUT2D eigenvalue weighted by molar-refractivity contribution is 0.0764. The van der Waals surface area contributed by atoms with Gasteiger partial charge in [0.05, 0.1) is 19.2 Å². The van der Waals surface area contributed by atoms with E-state index in [2.05, 4.69) is 6.07 Å². The number of ether oxygens (including phenoxy) is 1. The zero-order valence-corrected chi connectivity index (χ0v) is 8.19. The maximum absolute atomic E-state index is 12.7. The van der Waals surface area contributed by atoms with Crippen LogP contribution in [0.25, 0.3) is 0 Å². The summed E-state index contributed by atoms with van der Waals surface area (Å²) in [5, 5.41) is 8.74. The number of nitrogens with zero attached hydrogens (tertiary/aromatic N) is 2. The van der Waals surface area contributed by atoms with E-state index < -0.39 is 0 Å². The molecule has 0 N–H and O–H groups in total. The monoisotopic (exact) mass is 206 g/mol. The lowest BCUT2D eigenvalue weighted by Gasteiger charge is -2.31. The standard InChI is InChI=1S/C11H11FN2O/c12-9-1-3-10(4-2-9)14-5-6-15-11(7-13)8-14/h1-4,11H,5-6,8H2. The molecule has 1 saturated heterocycles. The van der Waals surface area contributed by atoms with Crippen molar-refractivity contribution in [3.8, 4) is 6.07 Å². The van der Waals surface area contributed by atoms with Crippen molar-refractivity contribution >= 4 is 5.69 Å². The lowest BCUT2D eigenvalue weighted by Crippen LogP contribution is -2.41. The minimum atomic E-state index is -0.385. The first-order valence-corrected chi connectivity index (χ1v) is 4.81. The molecule has 1 aromatic carbocycles. The van der Waals surface area contributed by atoms with E-state index >= 15 is 0 Å². The van der Waals surface area contributed by atoms with Gasteiger partial charge >= 0.3 is 0 Å². The maximum atomic E-state index is 12.7. The zero-order valence-electron chi connectivity index (χ0n) is 8.19. The van der Waals surface area contributed by atoms with Gasteiger partial charge in [-0.15, -0.1) is 0 Å². The van der Waals surface area contributed by atoms with Crippen molar-refractivity contribution in [2.24, 2.45) is 0 Å². The number of nitriles is 1. The van der Waals surface area contributed by atoms with Crippen LogP contribution < -0.4 is 4.90 Å². The van der Waals surface area contributed by atoms with Gasteiger partial charge in [-0.1, -0.05) is 0 Å². The van der Waals surface area contributed by atoms with E-state index in [1.54, 1.807) is 12.1 Å². The highest BCUT2D eigenvalue weighted by Crippen LogP contribution is 2.17. The number of morpholine rings is 1. The fraction of sp³-hybridized carbons (Fsp3) is 0.364. The highest BCUT2D eigenvalue weighted by Gasteiger charge is 2.19. The number of hydrogen-bond acceptors (Lipinski definition) is 3. The van der Waals surface area contributed by atoms with E-state index in [0.29, 0.717) is 13.2 Å². The third-order valence-electron chi connectivity index (χ3n) is 2.40. The van der Waals surface area contributed by atoms with Crippen LogP contribution in [0.3, 0.4) is 0 Å². The molecule has 0 saturated carbocycles. The summed E-state index contributed by atoms with van der Waals surface area (Å²) in [6, 6.07) is 8.36. The number of benzene rings is 1. The molecule has 0 bridgehead atoms. The molecule has 3 nitrogen and oxygen atoms in total. The summed E-state index contributed by atoms with van der Waals surface area (Å²) in [6.45, 7) is 1.82. The molecule has 0 aliphatic carbocycles. The van der Waals surface area contributed by atoms with Gasteiger partial charge in [0, 0.05) is 12.2 Å². The van der Waals surface area contributed by atoms with Crippen molar-refractivity contribution in [1.29, 1.82) is 5.26 Å². The van der Waals surface area contributed by atoms with Crippen molar-refractivity contribution in [1.82, 2.24) is 0 Å². The van der Waals surface area contributed by atoms with Crippen LogP contribution in [-0.2, 0) is 4.74 Å². The van der Waals surface area contributed by atoms with Gasteiger partial charge in [-0.2, -0.15) is 5.26 Å². The van der Waals surface area contributed by atoms with Crippen LogP contribution in [0, 0.1) is 17.1 Å². The quantitative estimate of drug-likeness (QED) is 0.699. The third-order valence-corrected chi connectivity index (χ3v) is 2.40. The Bertz CT molecular complexity index is 371. The highest BCUT2D eigenvalue weighted by molar-refractivity contribution is 5.47. The third kappa shape index (κ3) is 2.25. The Balaban J connectivity index is 2.10. The van der Waals surface area contributed by atoms with Crippen LogP contribution in [0.5, 0.6) is 0 Å². The Morgan fingerprint density at radius 1 is 1.40 bits per heavy atom. The molecule has 0 radical (unpaired) electrons. The molecule has 15 heavy (non-hydrogen) atoms. The van der Waals surface area contributed by atoms with Crippen molar-refractivity contribution in [2.75, 3.05) is 24.6 Å². The molecule has 0 aromatic heterocycles. The van der Waals surface area contributed by atoms with Gasteiger partial charge in [0.25, 0.3) is 0 Å². The van der Waals surface area contributed by atoms with Gasteiger partial charge in [-0.05, 0) is 24.3 Å². The first kappa shape index (κ1) is 9.94. The first-order chi connectivity index (χ1) is 7.29. The summed E-state index contributed by atoms with van der Waals surface area (Å²) in [5.74, 6) is -0.246. The summed E-state index contributed by atoms with van der Waals surface area (Å²) in [7, 11) is 0. The molecule has 1 atom stereocenters. The van der Waals surface area contributed by atoms with Crippen molar-refractivity contribution < 1.29 is 9.13 Å². The zero-order chi connectivity index (χ0) is 10.7. The van der Waals surface area contributed by atoms with E-state index in [9.17, 15) is 4.39 Å². The minimum absolute atomic E-state index is 0.246. The molecular weight excluding hydrogens is 195 g/mol. The average Bonchev–Trinajstić information content (AvgIpc) is 2.30. The largest absolute Gasteiger partial charge is 0.366 e. The molecule has 1 unspecified atom stereocenters. The highest BCUT2D eigenvalue weighted by atomic mass is 19.1. The fourth-order valence-electron chi connectivity index (χ4n) is 1.61. The average molecular weight is 206 g/mol. The van der Waals surface area contributed by atoms with E-state index in [-0.39, 0.29) is 11.9 Å². The molecule has 0 spiro atoms. The van der Waals surface area contributed by atoms with Gasteiger partial charge in [0.1, 0.15) is 5.82 Å². The number of rotatable bonds is 1. The summed E-state index contributed by atoms with van der Waals surface area (Å²) < 4.78 is 17.9.